The van der Waals surface area contributed by atoms with E-state index in [0.29, 0.717) is 22.1 Å². The Morgan fingerprint density at radius 2 is 1.87 bits per heavy atom. The van der Waals surface area contributed by atoms with E-state index in [2.05, 4.69) is 5.32 Å². The minimum Gasteiger partial charge on any atom is -0.390 e. The molecule has 3 N–H and O–H groups in total. The molecule has 7 nitrogen and oxygen atoms in total. The van der Waals surface area contributed by atoms with E-state index in [-0.39, 0.29) is 32.0 Å². The largest absolute Gasteiger partial charge is 0.390 e. The Morgan fingerprint density at radius 3 is 2.58 bits per heavy atom. The molecule has 8 heteroatoms. The molecule has 0 spiro atoms. The van der Waals surface area contributed by atoms with E-state index in [1.165, 1.54) is 0 Å². The van der Waals surface area contributed by atoms with Crippen molar-refractivity contribution in [1.29, 1.82) is 0 Å². The summed E-state index contributed by atoms with van der Waals surface area (Å²) in [5, 5.41) is 24.7. The fraction of sp³-hybridized carbons (Fsp3) is 0.391. The number of aliphatic hydroxyl groups excluding tert-OH is 1. The number of nitrogens with zero attached hydrogens (tertiary/aromatic N) is 1. The Morgan fingerprint density at radius 1 is 1.19 bits per heavy atom. The molecule has 31 heavy (non-hydrogen) atoms. The number of aliphatic hydroxyl groups is 1. The number of amides is 2. The number of rotatable bonds is 8. The highest BCUT2D eigenvalue weighted by Crippen LogP contribution is 2.33. The number of aryl methyl sites for hydroxylation is 1. The number of carbonyl (C=O) groups is 2. The van der Waals surface area contributed by atoms with E-state index in [9.17, 15) is 19.9 Å². The molecule has 1 heterocycles. The molecular weight excluding hydrogens is 420 g/mol. The Balaban J connectivity index is 1.50. The monoisotopic (exact) mass is 446 g/mol. The highest BCUT2D eigenvalue weighted by molar-refractivity contribution is 6.33. The van der Waals surface area contributed by atoms with E-state index in [1.54, 1.807) is 31.2 Å². The highest BCUT2D eigenvalue weighted by atomic mass is 35.5. The van der Waals surface area contributed by atoms with Gasteiger partial charge in [-0.3, -0.25) is 14.8 Å². The number of benzene rings is 2. The van der Waals surface area contributed by atoms with Crippen LogP contribution in [0.1, 0.15) is 29.3 Å². The zero-order valence-corrected chi connectivity index (χ0v) is 18.1. The topological polar surface area (TPSA) is 99.1 Å². The van der Waals surface area contributed by atoms with E-state index < -0.39 is 23.5 Å². The molecule has 0 radical (unpaired) electrons. The maximum Gasteiger partial charge on any atom is 0.252 e. The van der Waals surface area contributed by atoms with Crippen LogP contribution in [0.5, 0.6) is 0 Å². The number of hydroxylamine groups is 2. The number of hydrogen-bond donors (Lipinski definition) is 3. The minimum atomic E-state index is -0.976. The molecule has 0 aliphatic carbocycles. The smallest absolute Gasteiger partial charge is 0.252 e. The van der Waals surface area contributed by atoms with Crippen LogP contribution in [0.2, 0.25) is 5.02 Å². The summed E-state index contributed by atoms with van der Waals surface area (Å²) in [4.78, 5) is 24.6. The van der Waals surface area contributed by atoms with Crippen LogP contribution in [0.25, 0.3) is 0 Å². The van der Waals surface area contributed by atoms with Gasteiger partial charge in [-0.15, -0.1) is 0 Å². The Hall–Kier alpha value is -2.45. The molecule has 1 fully saturated rings. The highest BCUT2D eigenvalue weighted by Gasteiger charge is 2.47. The SMILES string of the molecule is C[C@@]1(CN(O)C(=O)CCc2ccccc2)CO[C@H](CNC(=O)c2ccccc2Cl)[C@H]1O. The lowest BCUT2D eigenvalue weighted by Crippen LogP contribution is -2.47. The van der Waals surface area contributed by atoms with Gasteiger partial charge in [-0.25, -0.2) is 5.06 Å². The molecule has 166 valence electrons. The molecule has 3 atom stereocenters. The summed E-state index contributed by atoms with van der Waals surface area (Å²) in [7, 11) is 0. The van der Waals surface area contributed by atoms with Crippen molar-refractivity contribution in [2.24, 2.45) is 5.41 Å². The first kappa shape index (κ1) is 23.2. The molecule has 2 aromatic carbocycles. The van der Waals surface area contributed by atoms with Gasteiger partial charge in [0.25, 0.3) is 5.91 Å². The Bertz CT molecular complexity index is 910. The summed E-state index contributed by atoms with van der Waals surface area (Å²) in [6.45, 7) is 1.88. The summed E-state index contributed by atoms with van der Waals surface area (Å²) in [5.41, 5.74) is 0.482. The van der Waals surface area contributed by atoms with Crippen molar-refractivity contribution in [2.75, 3.05) is 19.7 Å². The van der Waals surface area contributed by atoms with E-state index in [4.69, 9.17) is 16.3 Å². The van der Waals surface area contributed by atoms with Gasteiger partial charge in [0.15, 0.2) is 0 Å². The summed E-state index contributed by atoms with van der Waals surface area (Å²) in [6, 6.07) is 16.2. The third kappa shape index (κ3) is 5.83. The molecule has 0 aromatic heterocycles. The predicted molar refractivity (Wildman–Crippen MR) is 116 cm³/mol. The van der Waals surface area contributed by atoms with Crippen LogP contribution < -0.4 is 5.32 Å². The van der Waals surface area contributed by atoms with Gasteiger partial charge < -0.3 is 15.2 Å². The second-order valence-corrected chi connectivity index (χ2v) is 8.48. The molecule has 0 bridgehead atoms. The van der Waals surface area contributed by atoms with Crippen molar-refractivity contribution in [2.45, 2.75) is 32.0 Å². The fourth-order valence-corrected chi connectivity index (χ4v) is 3.84. The number of hydrogen-bond acceptors (Lipinski definition) is 5. The fourth-order valence-electron chi connectivity index (χ4n) is 3.62. The maximum absolute atomic E-state index is 12.3. The van der Waals surface area contributed by atoms with Crippen molar-refractivity contribution in [1.82, 2.24) is 10.4 Å². The van der Waals surface area contributed by atoms with Gasteiger partial charge in [-0.1, -0.05) is 61.0 Å². The number of carbonyl (C=O) groups excluding carboxylic acids is 2. The maximum atomic E-state index is 12.3. The minimum absolute atomic E-state index is 0.0727. The molecule has 3 rings (SSSR count). The van der Waals surface area contributed by atoms with E-state index >= 15 is 0 Å². The second kappa shape index (κ2) is 10.2. The van der Waals surface area contributed by atoms with Gasteiger partial charge in [0.1, 0.15) is 6.10 Å². The van der Waals surface area contributed by atoms with Gasteiger partial charge in [-0.05, 0) is 24.1 Å². The third-order valence-corrected chi connectivity index (χ3v) is 5.87. The summed E-state index contributed by atoms with van der Waals surface area (Å²) in [6.07, 6.45) is -0.964. The summed E-state index contributed by atoms with van der Waals surface area (Å²) < 4.78 is 5.66. The number of ether oxygens (including phenoxy) is 1. The van der Waals surface area contributed by atoms with Gasteiger partial charge in [0, 0.05) is 18.4 Å². The molecular formula is C23H27ClN2O5. The van der Waals surface area contributed by atoms with Crippen LogP contribution in [-0.2, 0) is 16.0 Å². The van der Waals surface area contributed by atoms with Crippen LogP contribution in [-0.4, -0.2) is 59.1 Å². The Labute approximate surface area is 186 Å². The lowest BCUT2D eigenvalue weighted by molar-refractivity contribution is -0.174. The normalized spacial score (nSPS) is 22.8. The van der Waals surface area contributed by atoms with Gasteiger partial charge in [0.05, 0.1) is 29.8 Å². The average molecular weight is 447 g/mol. The quantitative estimate of drug-likeness (QED) is 0.427. The Kier molecular flexibility index (Phi) is 7.67. The van der Waals surface area contributed by atoms with Gasteiger partial charge in [-0.2, -0.15) is 0 Å². The van der Waals surface area contributed by atoms with Gasteiger partial charge >= 0.3 is 0 Å². The predicted octanol–water partition coefficient (Wildman–Crippen LogP) is 2.69. The average Bonchev–Trinajstić information content (AvgIpc) is 3.05. The lowest BCUT2D eigenvalue weighted by atomic mass is 9.84. The zero-order chi connectivity index (χ0) is 22.4. The first-order valence-corrected chi connectivity index (χ1v) is 10.5. The van der Waals surface area contributed by atoms with Crippen LogP contribution in [0.15, 0.2) is 54.6 Å². The lowest BCUT2D eigenvalue weighted by Gasteiger charge is -2.31. The first-order valence-electron chi connectivity index (χ1n) is 10.2. The van der Waals surface area contributed by atoms with Crippen LogP contribution in [0.4, 0.5) is 0 Å². The molecule has 2 aromatic rings. The molecule has 1 aliphatic rings. The van der Waals surface area contributed by atoms with Crippen molar-refractivity contribution in [3.8, 4) is 0 Å². The van der Waals surface area contributed by atoms with Crippen molar-refractivity contribution in [3.05, 3.63) is 70.7 Å². The van der Waals surface area contributed by atoms with Crippen LogP contribution >= 0.6 is 11.6 Å². The van der Waals surface area contributed by atoms with Gasteiger partial charge in [0.2, 0.25) is 5.91 Å². The van der Waals surface area contributed by atoms with Crippen LogP contribution in [0.3, 0.4) is 0 Å². The van der Waals surface area contributed by atoms with Crippen molar-refractivity contribution in [3.63, 3.8) is 0 Å². The zero-order valence-electron chi connectivity index (χ0n) is 17.3. The van der Waals surface area contributed by atoms with Crippen molar-refractivity contribution >= 4 is 23.4 Å². The van der Waals surface area contributed by atoms with Crippen LogP contribution in [0, 0.1) is 5.41 Å². The van der Waals surface area contributed by atoms with Crippen molar-refractivity contribution < 1.29 is 24.6 Å². The molecule has 0 saturated carbocycles. The number of nitrogens with one attached hydrogen (secondary N) is 1. The number of halogens is 1. The third-order valence-electron chi connectivity index (χ3n) is 5.54. The molecule has 1 aliphatic heterocycles. The van der Waals surface area contributed by atoms with E-state index in [0.717, 1.165) is 5.56 Å². The standard InChI is InChI=1S/C23H27ClN2O5/c1-23(14-26(30)20(27)12-11-16-7-3-2-4-8-16)15-31-19(21(23)28)13-25-22(29)17-9-5-6-10-18(17)24/h2-10,19,21,28,30H,11-15H2,1H3,(H,25,29)/t19-,21-,23-/m1/s1. The summed E-state index contributed by atoms with van der Waals surface area (Å²) in [5.74, 6) is -0.789. The first-order chi connectivity index (χ1) is 14.8. The molecule has 2 amide bonds. The molecule has 0 unspecified atom stereocenters. The van der Waals surface area contributed by atoms with E-state index in [1.807, 2.05) is 30.3 Å². The summed E-state index contributed by atoms with van der Waals surface area (Å²) >= 11 is 6.03. The molecule has 1 saturated heterocycles. The second-order valence-electron chi connectivity index (χ2n) is 8.08.